The molecule has 0 aromatic heterocycles. The molecule has 1 saturated heterocycles. The molecule has 18 heavy (non-hydrogen) atoms. The van der Waals surface area contributed by atoms with E-state index in [1.54, 1.807) is 0 Å². The number of aliphatic hydroxyl groups excluding tert-OH is 1. The summed E-state index contributed by atoms with van der Waals surface area (Å²) in [4.78, 5) is 2.22. The van der Waals surface area contributed by atoms with Gasteiger partial charge < -0.3 is 15.2 Å². The standard InChI is InChI=1S/C13H19ClN2O2/c14-11-1-3-12(4-2-11)15-9-13(17)10-16-5-7-18-8-6-16/h1-4,13,15,17H,5-10H2/t13-/m0/s1. The minimum Gasteiger partial charge on any atom is -0.390 e. The number of morpholine rings is 1. The fraction of sp³-hybridized carbons (Fsp3) is 0.538. The second-order valence-electron chi connectivity index (χ2n) is 4.45. The van der Waals surface area contributed by atoms with Crippen molar-refractivity contribution >= 4 is 17.3 Å². The number of anilines is 1. The molecule has 1 aromatic rings. The van der Waals surface area contributed by atoms with E-state index >= 15 is 0 Å². The van der Waals surface area contributed by atoms with Crippen molar-refractivity contribution in [2.75, 3.05) is 44.7 Å². The number of hydrogen-bond acceptors (Lipinski definition) is 4. The lowest BCUT2D eigenvalue weighted by molar-refractivity contribution is 0.0171. The van der Waals surface area contributed by atoms with Crippen LogP contribution in [0.1, 0.15) is 0 Å². The van der Waals surface area contributed by atoms with Crippen molar-refractivity contribution in [2.45, 2.75) is 6.10 Å². The van der Waals surface area contributed by atoms with Crippen LogP contribution in [-0.2, 0) is 4.74 Å². The smallest absolute Gasteiger partial charge is 0.0839 e. The SMILES string of the molecule is O[C@@H](CNc1ccc(Cl)cc1)CN1CCOCC1. The van der Waals surface area contributed by atoms with Gasteiger partial charge in [0.05, 0.1) is 19.3 Å². The number of β-amino-alcohol motifs (C(OH)–C–C–N with tert-alkyl or cyclic N) is 1. The van der Waals surface area contributed by atoms with Gasteiger partial charge in [-0.05, 0) is 24.3 Å². The van der Waals surface area contributed by atoms with Gasteiger partial charge in [0.1, 0.15) is 0 Å². The van der Waals surface area contributed by atoms with Gasteiger partial charge >= 0.3 is 0 Å². The average molecular weight is 271 g/mol. The highest BCUT2D eigenvalue weighted by molar-refractivity contribution is 6.30. The van der Waals surface area contributed by atoms with Crippen molar-refractivity contribution in [3.05, 3.63) is 29.3 Å². The predicted octanol–water partition coefficient (Wildman–Crippen LogP) is 1.45. The van der Waals surface area contributed by atoms with E-state index in [1.807, 2.05) is 24.3 Å². The third-order valence-corrected chi connectivity index (χ3v) is 3.21. The van der Waals surface area contributed by atoms with Gasteiger partial charge in [0, 0.05) is 36.9 Å². The van der Waals surface area contributed by atoms with E-state index in [9.17, 15) is 5.11 Å². The quantitative estimate of drug-likeness (QED) is 0.850. The van der Waals surface area contributed by atoms with Crippen molar-refractivity contribution in [1.29, 1.82) is 0 Å². The topological polar surface area (TPSA) is 44.7 Å². The first kappa shape index (κ1) is 13.6. The van der Waals surface area contributed by atoms with Gasteiger partial charge in [-0.15, -0.1) is 0 Å². The van der Waals surface area contributed by atoms with Crippen LogP contribution in [0.5, 0.6) is 0 Å². The number of benzene rings is 1. The number of halogens is 1. The number of nitrogens with one attached hydrogen (secondary N) is 1. The Morgan fingerprint density at radius 1 is 1.28 bits per heavy atom. The molecule has 1 fully saturated rings. The molecular weight excluding hydrogens is 252 g/mol. The molecule has 2 rings (SSSR count). The molecule has 4 nitrogen and oxygen atoms in total. The fourth-order valence-electron chi connectivity index (χ4n) is 1.95. The normalized spacial score (nSPS) is 18.6. The van der Waals surface area contributed by atoms with Crippen LogP contribution >= 0.6 is 11.6 Å². The van der Waals surface area contributed by atoms with Crippen LogP contribution in [0, 0.1) is 0 Å². The predicted molar refractivity (Wildman–Crippen MR) is 73.2 cm³/mol. The first-order chi connectivity index (χ1) is 8.74. The van der Waals surface area contributed by atoms with Gasteiger partial charge in [-0.1, -0.05) is 11.6 Å². The zero-order valence-electron chi connectivity index (χ0n) is 10.3. The first-order valence-electron chi connectivity index (χ1n) is 6.21. The van der Waals surface area contributed by atoms with Crippen LogP contribution in [0.4, 0.5) is 5.69 Å². The molecule has 0 bridgehead atoms. The number of nitrogens with zero attached hydrogens (tertiary/aromatic N) is 1. The zero-order valence-corrected chi connectivity index (χ0v) is 11.1. The Hall–Kier alpha value is -0.810. The fourth-order valence-corrected chi connectivity index (χ4v) is 2.08. The molecule has 1 atom stereocenters. The molecular formula is C13H19ClN2O2. The molecule has 0 unspecified atom stereocenters. The van der Waals surface area contributed by atoms with Crippen LogP contribution in [0.3, 0.4) is 0 Å². The molecule has 2 N–H and O–H groups in total. The lowest BCUT2D eigenvalue weighted by atomic mass is 10.2. The summed E-state index contributed by atoms with van der Waals surface area (Å²) in [6.07, 6.45) is -0.376. The zero-order chi connectivity index (χ0) is 12.8. The van der Waals surface area contributed by atoms with Gasteiger partial charge in [0.15, 0.2) is 0 Å². The Bertz CT molecular complexity index is 353. The molecule has 1 aliphatic rings. The lowest BCUT2D eigenvalue weighted by Crippen LogP contribution is -2.42. The van der Waals surface area contributed by atoms with E-state index in [0.29, 0.717) is 13.1 Å². The monoisotopic (exact) mass is 270 g/mol. The van der Waals surface area contributed by atoms with Crippen molar-refractivity contribution in [3.8, 4) is 0 Å². The van der Waals surface area contributed by atoms with Gasteiger partial charge in [-0.2, -0.15) is 0 Å². The van der Waals surface area contributed by atoms with Gasteiger partial charge in [0.2, 0.25) is 0 Å². The van der Waals surface area contributed by atoms with Crippen LogP contribution in [0.25, 0.3) is 0 Å². The summed E-state index contributed by atoms with van der Waals surface area (Å²) in [7, 11) is 0. The summed E-state index contributed by atoms with van der Waals surface area (Å²) in [5.41, 5.74) is 0.973. The van der Waals surface area contributed by atoms with Crippen LogP contribution in [0.15, 0.2) is 24.3 Å². The average Bonchev–Trinajstić information content (AvgIpc) is 2.39. The molecule has 0 amide bonds. The Morgan fingerprint density at radius 3 is 2.61 bits per heavy atom. The molecule has 1 heterocycles. The largest absolute Gasteiger partial charge is 0.390 e. The Balaban J connectivity index is 1.70. The summed E-state index contributed by atoms with van der Waals surface area (Å²) in [5.74, 6) is 0. The Labute approximate surface area is 113 Å². The molecule has 5 heteroatoms. The van der Waals surface area contributed by atoms with E-state index in [1.165, 1.54) is 0 Å². The second-order valence-corrected chi connectivity index (χ2v) is 4.89. The van der Waals surface area contributed by atoms with Gasteiger partial charge in [-0.25, -0.2) is 0 Å². The summed E-state index contributed by atoms with van der Waals surface area (Å²) < 4.78 is 5.27. The molecule has 0 saturated carbocycles. The number of aliphatic hydroxyl groups is 1. The van der Waals surface area contributed by atoms with Crippen LogP contribution < -0.4 is 5.32 Å². The second kappa shape index (κ2) is 6.95. The van der Waals surface area contributed by atoms with E-state index in [2.05, 4.69) is 10.2 Å². The van der Waals surface area contributed by atoms with E-state index in [4.69, 9.17) is 16.3 Å². The first-order valence-corrected chi connectivity index (χ1v) is 6.59. The maximum absolute atomic E-state index is 9.95. The van der Waals surface area contributed by atoms with E-state index in [0.717, 1.165) is 37.0 Å². The number of rotatable bonds is 5. The molecule has 1 aliphatic heterocycles. The molecule has 100 valence electrons. The lowest BCUT2D eigenvalue weighted by Gasteiger charge is -2.28. The summed E-state index contributed by atoms with van der Waals surface area (Å²) in [6.45, 7) is 4.55. The third-order valence-electron chi connectivity index (χ3n) is 2.96. The molecule has 0 aliphatic carbocycles. The van der Waals surface area contributed by atoms with Crippen LogP contribution in [0.2, 0.25) is 5.02 Å². The highest BCUT2D eigenvalue weighted by Crippen LogP contribution is 2.13. The highest BCUT2D eigenvalue weighted by Gasteiger charge is 2.14. The summed E-state index contributed by atoms with van der Waals surface area (Å²) in [5, 5.41) is 13.9. The van der Waals surface area contributed by atoms with Crippen molar-refractivity contribution in [1.82, 2.24) is 4.90 Å². The van der Waals surface area contributed by atoms with Crippen LogP contribution in [-0.4, -0.2) is 55.5 Å². The van der Waals surface area contributed by atoms with Crippen molar-refractivity contribution in [2.24, 2.45) is 0 Å². The molecule has 0 radical (unpaired) electrons. The Morgan fingerprint density at radius 2 is 1.94 bits per heavy atom. The minimum atomic E-state index is -0.376. The van der Waals surface area contributed by atoms with E-state index in [-0.39, 0.29) is 6.10 Å². The Kier molecular flexibility index (Phi) is 5.26. The van der Waals surface area contributed by atoms with E-state index < -0.39 is 0 Å². The van der Waals surface area contributed by atoms with Gasteiger partial charge in [0.25, 0.3) is 0 Å². The molecule has 0 spiro atoms. The highest BCUT2D eigenvalue weighted by atomic mass is 35.5. The third kappa shape index (κ3) is 4.46. The minimum absolute atomic E-state index is 0.376. The van der Waals surface area contributed by atoms with Crippen molar-refractivity contribution < 1.29 is 9.84 Å². The summed E-state index contributed by atoms with van der Waals surface area (Å²) in [6, 6.07) is 7.48. The maximum atomic E-state index is 9.95. The number of ether oxygens (including phenoxy) is 1. The van der Waals surface area contributed by atoms with Gasteiger partial charge in [-0.3, -0.25) is 4.90 Å². The summed E-state index contributed by atoms with van der Waals surface area (Å²) >= 11 is 5.81. The van der Waals surface area contributed by atoms with Crippen molar-refractivity contribution in [3.63, 3.8) is 0 Å². The maximum Gasteiger partial charge on any atom is 0.0839 e. The molecule has 1 aromatic carbocycles. The number of hydrogen-bond donors (Lipinski definition) is 2.